The van der Waals surface area contributed by atoms with Gasteiger partial charge in [0.25, 0.3) is 0 Å². The molecule has 1 atom stereocenters. The predicted molar refractivity (Wildman–Crippen MR) is 81.1 cm³/mol. The van der Waals surface area contributed by atoms with Crippen LogP contribution < -0.4 is 10.1 Å². The zero-order valence-electron chi connectivity index (χ0n) is 12.2. The molecule has 0 aliphatic rings. The minimum atomic E-state index is 0.0476. The second kappa shape index (κ2) is 6.44. The van der Waals surface area contributed by atoms with Crippen LogP contribution in [-0.4, -0.2) is 12.2 Å². The maximum absolute atomic E-state index is 9.94. The molecule has 2 rings (SSSR count). The van der Waals surface area contributed by atoms with Gasteiger partial charge in [0.2, 0.25) is 0 Å². The van der Waals surface area contributed by atoms with Gasteiger partial charge in [-0.25, -0.2) is 0 Å². The Balaban J connectivity index is 2.04. The third-order valence-electron chi connectivity index (χ3n) is 3.43. The summed E-state index contributed by atoms with van der Waals surface area (Å²) < 4.78 is 5.20. The molecule has 0 aliphatic heterocycles. The minimum Gasteiger partial charge on any atom is -0.508 e. The number of aryl methyl sites for hydroxylation is 1. The van der Waals surface area contributed by atoms with Crippen molar-refractivity contribution in [1.82, 2.24) is 5.32 Å². The molecular formula is C17H21NO2. The first-order valence-electron chi connectivity index (χ1n) is 6.76. The Kier molecular flexibility index (Phi) is 4.64. The van der Waals surface area contributed by atoms with Crippen LogP contribution >= 0.6 is 0 Å². The van der Waals surface area contributed by atoms with Crippen LogP contribution in [-0.2, 0) is 6.54 Å². The van der Waals surface area contributed by atoms with Gasteiger partial charge in [-0.3, -0.25) is 0 Å². The largest absolute Gasteiger partial charge is 0.508 e. The Morgan fingerprint density at radius 2 is 1.85 bits per heavy atom. The maximum Gasteiger partial charge on any atom is 0.120 e. The molecule has 0 bridgehead atoms. The van der Waals surface area contributed by atoms with E-state index in [-0.39, 0.29) is 11.8 Å². The second-order valence-corrected chi connectivity index (χ2v) is 5.01. The van der Waals surface area contributed by atoms with Crippen LogP contribution in [0.2, 0.25) is 0 Å². The van der Waals surface area contributed by atoms with Crippen molar-refractivity contribution >= 4 is 0 Å². The summed E-state index contributed by atoms with van der Waals surface area (Å²) in [6.07, 6.45) is 0. The van der Waals surface area contributed by atoms with E-state index < -0.39 is 0 Å². The number of nitrogens with one attached hydrogen (secondary N) is 1. The SMILES string of the molecule is COc1ccc(O)c(C(C)NCc2ccc(C)cc2)c1. The van der Waals surface area contributed by atoms with Gasteiger partial charge in [-0.1, -0.05) is 29.8 Å². The molecule has 0 saturated heterocycles. The van der Waals surface area contributed by atoms with Gasteiger partial charge in [0.15, 0.2) is 0 Å². The van der Waals surface area contributed by atoms with Gasteiger partial charge in [-0.2, -0.15) is 0 Å². The molecule has 3 heteroatoms. The summed E-state index contributed by atoms with van der Waals surface area (Å²) in [5.41, 5.74) is 3.33. The van der Waals surface area contributed by atoms with E-state index in [4.69, 9.17) is 4.74 Å². The highest BCUT2D eigenvalue weighted by molar-refractivity contribution is 5.41. The molecule has 0 spiro atoms. The number of hydrogen-bond donors (Lipinski definition) is 2. The summed E-state index contributed by atoms with van der Waals surface area (Å²) in [7, 11) is 1.63. The van der Waals surface area contributed by atoms with Crippen molar-refractivity contribution in [2.24, 2.45) is 0 Å². The smallest absolute Gasteiger partial charge is 0.120 e. The number of phenols is 1. The van der Waals surface area contributed by atoms with E-state index >= 15 is 0 Å². The lowest BCUT2D eigenvalue weighted by Crippen LogP contribution is -2.18. The Morgan fingerprint density at radius 1 is 1.15 bits per heavy atom. The lowest BCUT2D eigenvalue weighted by molar-refractivity contribution is 0.407. The molecule has 2 aromatic carbocycles. The summed E-state index contributed by atoms with van der Waals surface area (Å²) in [6.45, 7) is 4.87. The van der Waals surface area contributed by atoms with Crippen molar-refractivity contribution in [2.45, 2.75) is 26.4 Å². The summed E-state index contributed by atoms with van der Waals surface area (Å²) in [6, 6.07) is 13.8. The van der Waals surface area contributed by atoms with E-state index in [0.29, 0.717) is 0 Å². The zero-order valence-corrected chi connectivity index (χ0v) is 12.2. The third kappa shape index (κ3) is 3.52. The summed E-state index contributed by atoms with van der Waals surface area (Å²) in [5.74, 6) is 1.04. The van der Waals surface area contributed by atoms with Crippen molar-refractivity contribution in [3.05, 3.63) is 59.2 Å². The molecule has 2 aromatic rings. The van der Waals surface area contributed by atoms with Crippen molar-refractivity contribution in [3.8, 4) is 11.5 Å². The Hall–Kier alpha value is -2.00. The van der Waals surface area contributed by atoms with E-state index in [2.05, 4.69) is 36.5 Å². The van der Waals surface area contributed by atoms with E-state index in [1.807, 2.05) is 13.0 Å². The molecule has 2 N–H and O–H groups in total. The van der Waals surface area contributed by atoms with Crippen molar-refractivity contribution in [2.75, 3.05) is 7.11 Å². The van der Waals surface area contributed by atoms with Gasteiger partial charge in [-0.05, 0) is 37.6 Å². The van der Waals surface area contributed by atoms with Gasteiger partial charge >= 0.3 is 0 Å². The number of phenolic OH excluding ortho intramolecular Hbond substituents is 1. The summed E-state index contributed by atoms with van der Waals surface area (Å²) >= 11 is 0. The average Bonchev–Trinajstić information content (AvgIpc) is 2.47. The van der Waals surface area contributed by atoms with Gasteiger partial charge in [0.05, 0.1) is 7.11 Å². The lowest BCUT2D eigenvalue weighted by Gasteiger charge is -2.16. The fraction of sp³-hybridized carbons (Fsp3) is 0.294. The third-order valence-corrected chi connectivity index (χ3v) is 3.43. The first-order chi connectivity index (χ1) is 9.60. The van der Waals surface area contributed by atoms with Gasteiger partial charge in [-0.15, -0.1) is 0 Å². The standard InChI is InChI=1S/C17H21NO2/c1-12-4-6-14(7-5-12)11-18-13(2)16-10-15(20-3)8-9-17(16)19/h4-10,13,18-19H,11H2,1-3H3. The monoisotopic (exact) mass is 271 g/mol. The molecule has 106 valence electrons. The lowest BCUT2D eigenvalue weighted by atomic mass is 10.1. The van der Waals surface area contributed by atoms with Crippen molar-refractivity contribution < 1.29 is 9.84 Å². The first kappa shape index (κ1) is 14.4. The number of aromatic hydroxyl groups is 1. The number of ether oxygens (including phenoxy) is 1. The van der Waals surface area contributed by atoms with Crippen LogP contribution in [0.4, 0.5) is 0 Å². The minimum absolute atomic E-state index is 0.0476. The molecule has 0 saturated carbocycles. The molecule has 0 amide bonds. The molecule has 0 fully saturated rings. The van der Waals surface area contributed by atoms with E-state index in [1.54, 1.807) is 19.2 Å². The first-order valence-corrected chi connectivity index (χ1v) is 6.76. The highest BCUT2D eigenvalue weighted by Crippen LogP contribution is 2.28. The highest BCUT2D eigenvalue weighted by atomic mass is 16.5. The second-order valence-electron chi connectivity index (χ2n) is 5.01. The molecule has 0 heterocycles. The maximum atomic E-state index is 9.94. The van der Waals surface area contributed by atoms with Gasteiger partial charge < -0.3 is 15.2 Å². The van der Waals surface area contributed by atoms with E-state index in [9.17, 15) is 5.11 Å². The van der Waals surface area contributed by atoms with E-state index in [1.165, 1.54) is 11.1 Å². The van der Waals surface area contributed by atoms with Crippen LogP contribution in [0.3, 0.4) is 0 Å². The van der Waals surface area contributed by atoms with Crippen LogP contribution in [0.5, 0.6) is 11.5 Å². The van der Waals surface area contributed by atoms with E-state index in [0.717, 1.165) is 17.9 Å². The molecular weight excluding hydrogens is 250 g/mol. The Morgan fingerprint density at radius 3 is 2.50 bits per heavy atom. The van der Waals surface area contributed by atoms with Gasteiger partial charge in [0.1, 0.15) is 11.5 Å². The van der Waals surface area contributed by atoms with Crippen LogP contribution in [0.15, 0.2) is 42.5 Å². The number of benzene rings is 2. The van der Waals surface area contributed by atoms with Crippen LogP contribution in [0, 0.1) is 6.92 Å². The van der Waals surface area contributed by atoms with Crippen molar-refractivity contribution in [1.29, 1.82) is 0 Å². The molecule has 0 aromatic heterocycles. The molecule has 20 heavy (non-hydrogen) atoms. The highest BCUT2D eigenvalue weighted by Gasteiger charge is 2.11. The average molecular weight is 271 g/mol. The Labute approximate surface area is 120 Å². The number of hydrogen-bond acceptors (Lipinski definition) is 3. The fourth-order valence-corrected chi connectivity index (χ4v) is 2.09. The number of rotatable bonds is 5. The predicted octanol–water partition coefficient (Wildman–Crippen LogP) is 3.56. The van der Waals surface area contributed by atoms with Gasteiger partial charge in [0, 0.05) is 18.2 Å². The van der Waals surface area contributed by atoms with Crippen molar-refractivity contribution in [3.63, 3.8) is 0 Å². The molecule has 3 nitrogen and oxygen atoms in total. The molecule has 1 unspecified atom stereocenters. The molecule has 0 radical (unpaired) electrons. The van der Waals surface area contributed by atoms with Crippen LogP contribution in [0.25, 0.3) is 0 Å². The quantitative estimate of drug-likeness (QED) is 0.873. The molecule has 0 aliphatic carbocycles. The fourth-order valence-electron chi connectivity index (χ4n) is 2.09. The zero-order chi connectivity index (χ0) is 14.5. The summed E-state index contributed by atoms with van der Waals surface area (Å²) in [4.78, 5) is 0. The number of methoxy groups -OCH3 is 1. The Bertz CT molecular complexity index is 564. The topological polar surface area (TPSA) is 41.5 Å². The summed E-state index contributed by atoms with van der Waals surface area (Å²) in [5, 5.41) is 13.4. The normalized spacial score (nSPS) is 12.2. The van der Waals surface area contributed by atoms with Crippen LogP contribution in [0.1, 0.15) is 29.7 Å².